The number of ether oxygens (including phenoxy) is 1. The lowest BCUT2D eigenvalue weighted by Gasteiger charge is -2.44. The van der Waals surface area contributed by atoms with E-state index in [-0.39, 0.29) is 11.6 Å². The van der Waals surface area contributed by atoms with Gasteiger partial charge in [-0.1, -0.05) is 6.07 Å². The Morgan fingerprint density at radius 2 is 1.90 bits per heavy atom. The van der Waals surface area contributed by atoms with E-state index in [1.54, 1.807) is 4.90 Å². The van der Waals surface area contributed by atoms with Crippen molar-refractivity contribution in [3.05, 3.63) is 23.3 Å². The molecule has 0 bridgehead atoms. The Kier molecular flexibility index (Phi) is 3.68. The van der Waals surface area contributed by atoms with Crippen LogP contribution in [0, 0.1) is 13.8 Å². The zero-order chi connectivity index (χ0) is 16.0. The molecule has 1 N–H and O–H groups in total. The first kappa shape index (κ1) is 15.7. The molecule has 0 saturated carbocycles. The van der Waals surface area contributed by atoms with Gasteiger partial charge in [0.2, 0.25) is 0 Å². The molecule has 1 amide bonds. The number of carbonyl (C=O) groups is 1. The lowest BCUT2D eigenvalue weighted by Crippen LogP contribution is -2.56. The standard InChI is InChI=1S/C17H26N2O2/c1-11-8-9-13-14(12(11)2)19(17(6,7)10-18-13)15(20)21-16(3,4)5/h8-9,18H,10H2,1-7H3. The van der Waals surface area contributed by atoms with Crippen LogP contribution >= 0.6 is 0 Å². The van der Waals surface area contributed by atoms with Crippen LogP contribution in [0.1, 0.15) is 45.7 Å². The summed E-state index contributed by atoms with van der Waals surface area (Å²) in [6.07, 6.45) is -0.288. The van der Waals surface area contributed by atoms with E-state index in [0.29, 0.717) is 6.54 Å². The molecule has 0 atom stereocenters. The highest BCUT2D eigenvalue weighted by molar-refractivity contribution is 5.96. The fourth-order valence-electron chi connectivity index (χ4n) is 2.57. The number of nitrogens with one attached hydrogen (secondary N) is 1. The highest BCUT2D eigenvalue weighted by atomic mass is 16.6. The zero-order valence-corrected chi connectivity index (χ0v) is 14.1. The van der Waals surface area contributed by atoms with E-state index in [0.717, 1.165) is 16.9 Å². The molecule has 4 heteroatoms. The second-order valence-electron chi connectivity index (χ2n) is 7.39. The summed E-state index contributed by atoms with van der Waals surface area (Å²) in [6.45, 7) is 14.6. The molecule has 1 aromatic carbocycles. The average molecular weight is 290 g/mol. The van der Waals surface area contributed by atoms with E-state index < -0.39 is 5.60 Å². The topological polar surface area (TPSA) is 41.6 Å². The van der Waals surface area contributed by atoms with Gasteiger partial charge in [-0.3, -0.25) is 4.90 Å². The number of fused-ring (bicyclic) bond motifs is 1. The molecule has 1 heterocycles. The number of benzene rings is 1. The summed E-state index contributed by atoms with van der Waals surface area (Å²) in [4.78, 5) is 14.5. The molecular formula is C17H26N2O2. The summed E-state index contributed by atoms with van der Waals surface area (Å²) in [7, 11) is 0. The van der Waals surface area contributed by atoms with Crippen molar-refractivity contribution in [3.8, 4) is 0 Å². The molecule has 0 radical (unpaired) electrons. The second kappa shape index (κ2) is 4.93. The Morgan fingerprint density at radius 3 is 2.48 bits per heavy atom. The predicted octanol–water partition coefficient (Wildman–Crippen LogP) is 4.25. The maximum Gasteiger partial charge on any atom is 0.415 e. The number of carbonyl (C=O) groups excluding carboxylic acids is 1. The Balaban J connectivity index is 2.53. The third-order valence-electron chi connectivity index (χ3n) is 3.82. The second-order valence-corrected chi connectivity index (χ2v) is 7.39. The van der Waals surface area contributed by atoms with E-state index in [9.17, 15) is 4.79 Å². The van der Waals surface area contributed by atoms with Crippen molar-refractivity contribution in [2.75, 3.05) is 16.8 Å². The van der Waals surface area contributed by atoms with Gasteiger partial charge in [-0.2, -0.15) is 0 Å². The summed E-state index contributed by atoms with van der Waals surface area (Å²) in [5.74, 6) is 0. The van der Waals surface area contributed by atoms with Gasteiger partial charge in [0.05, 0.1) is 16.9 Å². The van der Waals surface area contributed by atoms with Crippen LogP contribution in [0.4, 0.5) is 16.2 Å². The fraction of sp³-hybridized carbons (Fsp3) is 0.588. The van der Waals surface area contributed by atoms with Crippen LogP contribution < -0.4 is 10.2 Å². The SMILES string of the molecule is Cc1ccc2c(c1C)N(C(=O)OC(C)(C)C)C(C)(C)CN2. The number of amides is 1. The molecular weight excluding hydrogens is 264 g/mol. The van der Waals surface area contributed by atoms with Crippen molar-refractivity contribution in [2.45, 2.75) is 59.6 Å². The molecule has 0 saturated heterocycles. The van der Waals surface area contributed by atoms with Gasteiger partial charge >= 0.3 is 6.09 Å². The Hall–Kier alpha value is -1.71. The van der Waals surface area contributed by atoms with Crippen LogP contribution in [0.5, 0.6) is 0 Å². The quantitative estimate of drug-likeness (QED) is 0.776. The first-order chi connectivity index (χ1) is 9.53. The summed E-state index contributed by atoms with van der Waals surface area (Å²) in [6, 6.07) is 4.11. The Labute approximate surface area is 127 Å². The Morgan fingerprint density at radius 1 is 1.29 bits per heavy atom. The van der Waals surface area contributed by atoms with Crippen LogP contribution in [0.3, 0.4) is 0 Å². The molecule has 0 fully saturated rings. The van der Waals surface area contributed by atoms with Crippen molar-refractivity contribution in [1.82, 2.24) is 0 Å². The van der Waals surface area contributed by atoms with Crippen LogP contribution in [0.15, 0.2) is 12.1 Å². The monoisotopic (exact) mass is 290 g/mol. The highest BCUT2D eigenvalue weighted by Crippen LogP contribution is 2.40. The smallest absolute Gasteiger partial charge is 0.415 e. The number of nitrogens with zero attached hydrogens (tertiary/aromatic N) is 1. The van der Waals surface area contributed by atoms with E-state index in [1.165, 1.54) is 5.56 Å². The molecule has 0 aliphatic carbocycles. The van der Waals surface area contributed by atoms with Crippen molar-refractivity contribution >= 4 is 17.5 Å². The fourth-order valence-corrected chi connectivity index (χ4v) is 2.57. The summed E-state index contributed by atoms with van der Waals surface area (Å²) >= 11 is 0. The number of aryl methyl sites for hydroxylation is 1. The van der Waals surface area contributed by atoms with Gasteiger partial charge in [-0.25, -0.2) is 4.79 Å². The predicted molar refractivity (Wildman–Crippen MR) is 87.2 cm³/mol. The van der Waals surface area contributed by atoms with E-state index in [2.05, 4.69) is 39.1 Å². The average Bonchev–Trinajstić information content (AvgIpc) is 2.31. The Bertz CT molecular complexity index is 571. The maximum atomic E-state index is 12.7. The lowest BCUT2D eigenvalue weighted by molar-refractivity contribution is 0.0546. The molecule has 4 nitrogen and oxygen atoms in total. The molecule has 1 aromatic rings. The molecule has 116 valence electrons. The van der Waals surface area contributed by atoms with Gasteiger partial charge in [0.15, 0.2) is 0 Å². The summed E-state index contributed by atoms with van der Waals surface area (Å²) < 4.78 is 5.62. The van der Waals surface area contributed by atoms with Crippen molar-refractivity contribution in [3.63, 3.8) is 0 Å². The van der Waals surface area contributed by atoms with Crippen LogP contribution in [0.2, 0.25) is 0 Å². The largest absolute Gasteiger partial charge is 0.443 e. The van der Waals surface area contributed by atoms with E-state index >= 15 is 0 Å². The molecule has 21 heavy (non-hydrogen) atoms. The van der Waals surface area contributed by atoms with E-state index in [4.69, 9.17) is 4.74 Å². The number of rotatable bonds is 0. The molecule has 0 aromatic heterocycles. The molecule has 1 aliphatic heterocycles. The van der Waals surface area contributed by atoms with Crippen molar-refractivity contribution < 1.29 is 9.53 Å². The van der Waals surface area contributed by atoms with Gasteiger partial charge in [-0.05, 0) is 65.7 Å². The zero-order valence-electron chi connectivity index (χ0n) is 14.1. The maximum absolute atomic E-state index is 12.7. The lowest BCUT2D eigenvalue weighted by atomic mass is 9.94. The van der Waals surface area contributed by atoms with Gasteiger partial charge in [0, 0.05) is 6.54 Å². The highest BCUT2D eigenvalue weighted by Gasteiger charge is 2.40. The van der Waals surface area contributed by atoms with Gasteiger partial charge in [0.1, 0.15) is 5.60 Å². The summed E-state index contributed by atoms with van der Waals surface area (Å²) in [5.41, 5.74) is 3.35. The first-order valence-electron chi connectivity index (χ1n) is 7.40. The van der Waals surface area contributed by atoms with Gasteiger partial charge in [-0.15, -0.1) is 0 Å². The van der Waals surface area contributed by atoms with Gasteiger partial charge in [0.25, 0.3) is 0 Å². The van der Waals surface area contributed by atoms with Crippen molar-refractivity contribution in [2.24, 2.45) is 0 Å². The van der Waals surface area contributed by atoms with Crippen molar-refractivity contribution in [1.29, 1.82) is 0 Å². The minimum Gasteiger partial charge on any atom is -0.443 e. The number of hydrogen-bond donors (Lipinski definition) is 1. The van der Waals surface area contributed by atoms with Crippen LogP contribution in [-0.2, 0) is 4.74 Å². The minimum absolute atomic E-state index is 0.288. The van der Waals surface area contributed by atoms with Crippen LogP contribution in [0.25, 0.3) is 0 Å². The third kappa shape index (κ3) is 2.99. The number of anilines is 2. The van der Waals surface area contributed by atoms with Crippen LogP contribution in [-0.4, -0.2) is 23.8 Å². The van der Waals surface area contributed by atoms with E-state index in [1.807, 2.05) is 26.8 Å². The third-order valence-corrected chi connectivity index (χ3v) is 3.82. The normalized spacial score (nSPS) is 17.0. The first-order valence-corrected chi connectivity index (χ1v) is 7.40. The molecule has 0 unspecified atom stereocenters. The van der Waals surface area contributed by atoms with Gasteiger partial charge < -0.3 is 10.1 Å². The molecule has 0 spiro atoms. The minimum atomic E-state index is -0.504. The summed E-state index contributed by atoms with van der Waals surface area (Å²) in [5, 5.41) is 3.42. The molecule has 1 aliphatic rings. The number of hydrogen-bond acceptors (Lipinski definition) is 3. The molecule has 2 rings (SSSR count).